The van der Waals surface area contributed by atoms with Crippen LogP contribution in [0.4, 0.5) is 0 Å². The van der Waals surface area contributed by atoms with E-state index in [-0.39, 0.29) is 3.17 Å². The normalized spacial score (nSPS) is 13.4. The predicted molar refractivity (Wildman–Crippen MR) is 32.0 cm³/mol. The number of hydrogen-bond acceptors (Lipinski definition) is 1. The maximum atomic E-state index is 10.1. The number of carboxylic acids is 1. The number of rotatable bonds is 3. The van der Waals surface area contributed by atoms with Crippen LogP contribution in [0.1, 0.15) is 19.8 Å². The van der Waals surface area contributed by atoms with E-state index in [2.05, 4.69) is 0 Å². The molecule has 0 heterocycles. The van der Waals surface area contributed by atoms with Gasteiger partial charge in [0.25, 0.3) is 0 Å². The van der Waals surface area contributed by atoms with Gasteiger partial charge in [0, 0.05) is 0 Å². The molecular weight excluding hydrogens is 115 g/mol. The van der Waals surface area contributed by atoms with Gasteiger partial charge in [0.05, 0.1) is 0 Å². The van der Waals surface area contributed by atoms with E-state index in [0.29, 0.717) is 0 Å². The van der Waals surface area contributed by atoms with Gasteiger partial charge < -0.3 is 0 Å². The quantitative estimate of drug-likeness (QED) is 0.566. The van der Waals surface area contributed by atoms with Crippen LogP contribution >= 0.6 is 0 Å². The summed E-state index contributed by atoms with van der Waals surface area (Å²) in [5, 5.41) is 8.35. The summed E-state index contributed by atoms with van der Waals surface area (Å²) in [4.78, 5) is 10.1. The molecule has 42 valence electrons. The molecule has 0 saturated heterocycles. The van der Waals surface area contributed by atoms with E-state index in [1.807, 2.05) is 6.92 Å². The summed E-state index contributed by atoms with van der Waals surface area (Å²) in [7, 11) is 0. The standard InChI is InChI=1S/C5H9O2.Na/c1-2-3-4-5(6)7;/h4H,2-3H2,1H3,(H,6,7);. The first-order chi connectivity index (χ1) is 3.68. The molecule has 1 N–H and O–H groups in total. The van der Waals surface area contributed by atoms with Crippen LogP contribution in [0.3, 0.4) is 0 Å². The van der Waals surface area contributed by atoms with Crippen molar-refractivity contribution in [1.29, 1.82) is 0 Å². The van der Waals surface area contributed by atoms with Gasteiger partial charge >= 0.3 is 66.7 Å². The molecular formula is C5H9NaO2. The monoisotopic (exact) mass is 124 g/mol. The summed E-state index contributed by atoms with van der Waals surface area (Å²) < 4.78 is -0.0278. The number of aliphatic carboxylic acids is 1. The van der Waals surface area contributed by atoms with E-state index in [0.717, 1.165) is 40.8 Å². The molecule has 0 aliphatic heterocycles. The average molecular weight is 124 g/mol. The fraction of sp³-hybridized carbons (Fsp3) is 0.800. The second-order valence-corrected chi connectivity index (χ2v) is 3.42. The molecule has 0 spiro atoms. The van der Waals surface area contributed by atoms with Gasteiger partial charge in [-0.3, -0.25) is 0 Å². The molecule has 2 nitrogen and oxygen atoms in total. The molecule has 0 aromatic heterocycles. The second-order valence-electron chi connectivity index (χ2n) is 2.03. The molecule has 0 aliphatic carbocycles. The molecule has 1 atom stereocenters. The van der Waals surface area contributed by atoms with Gasteiger partial charge in [0.15, 0.2) is 0 Å². The Morgan fingerprint density at radius 1 is 1.88 bits per heavy atom. The maximum absolute atomic E-state index is 10.1. The minimum atomic E-state index is -0.626. The zero-order valence-corrected chi connectivity index (χ0v) is 7.35. The van der Waals surface area contributed by atoms with E-state index in [1.165, 1.54) is 0 Å². The summed E-state index contributed by atoms with van der Waals surface area (Å²) in [6.07, 6.45) is 1.84. The Kier molecular flexibility index (Phi) is 4.61. The Hall–Kier alpha value is 0.470. The van der Waals surface area contributed by atoms with Gasteiger partial charge in [0.1, 0.15) is 0 Å². The van der Waals surface area contributed by atoms with Gasteiger partial charge in [0.2, 0.25) is 0 Å². The van der Waals surface area contributed by atoms with E-state index >= 15 is 0 Å². The van der Waals surface area contributed by atoms with Crippen molar-refractivity contribution in [3.8, 4) is 0 Å². The van der Waals surface area contributed by atoms with Gasteiger partial charge in [-0.2, -0.15) is 0 Å². The van der Waals surface area contributed by atoms with Gasteiger partial charge in [-0.15, -0.1) is 0 Å². The van der Waals surface area contributed by atoms with Gasteiger partial charge in [-0.1, -0.05) is 0 Å². The third-order valence-electron chi connectivity index (χ3n) is 1.14. The Morgan fingerprint density at radius 3 is 2.50 bits per heavy atom. The van der Waals surface area contributed by atoms with Crippen molar-refractivity contribution in [1.82, 2.24) is 0 Å². The molecule has 0 amide bonds. The minimum absolute atomic E-state index is 0.0278. The topological polar surface area (TPSA) is 37.3 Å². The van der Waals surface area contributed by atoms with Crippen molar-refractivity contribution in [2.45, 2.75) is 22.9 Å². The Labute approximate surface area is 66.7 Å². The summed E-state index contributed by atoms with van der Waals surface area (Å²) in [5.74, 6) is -0.626. The first-order valence-corrected chi connectivity index (χ1v) is 4.06. The molecule has 0 aromatic carbocycles. The van der Waals surface area contributed by atoms with Crippen molar-refractivity contribution in [3.05, 3.63) is 0 Å². The van der Waals surface area contributed by atoms with Crippen molar-refractivity contribution in [2.75, 3.05) is 0 Å². The molecule has 1 unspecified atom stereocenters. The summed E-state index contributed by atoms with van der Waals surface area (Å²) in [5.41, 5.74) is 0. The van der Waals surface area contributed by atoms with Crippen molar-refractivity contribution >= 4 is 33.9 Å². The molecule has 0 radical (unpaired) electrons. The van der Waals surface area contributed by atoms with Crippen molar-refractivity contribution < 1.29 is 9.90 Å². The number of carboxylic acid groups (broad SMARTS) is 1. The summed E-state index contributed by atoms with van der Waals surface area (Å²) >= 11 is 0.784. The summed E-state index contributed by atoms with van der Waals surface area (Å²) in [6.45, 7) is 2.01. The molecule has 0 aromatic rings. The molecule has 0 fully saturated rings. The SMILES string of the molecule is CCC[CH]([Na])C(=O)O. The molecule has 3 heteroatoms. The van der Waals surface area contributed by atoms with E-state index in [1.54, 1.807) is 0 Å². The number of hydrogen-bond donors (Lipinski definition) is 1. The van der Waals surface area contributed by atoms with E-state index < -0.39 is 5.97 Å². The van der Waals surface area contributed by atoms with Crippen LogP contribution in [0.25, 0.3) is 0 Å². The molecule has 8 heavy (non-hydrogen) atoms. The van der Waals surface area contributed by atoms with E-state index in [4.69, 9.17) is 5.11 Å². The molecule has 0 rings (SSSR count). The van der Waals surface area contributed by atoms with Gasteiger partial charge in [-0.05, 0) is 0 Å². The van der Waals surface area contributed by atoms with Crippen LogP contribution in [0, 0.1) is 0 Å². The van der Waals surface area contributed by atoms with Crippen LogP contribution in [-0.2, 0) is 4.79 Å². The third kappa shape index (κ3) is 3.47. The van der Waals surface area contributed by atoms with Crippen LogP contribution in [0.2, 0.25) is 3.17 Å². The van der Waals surface area contributed by atoms with Crippen molar-refractivity contribution in [3.63, 3.8) is 0 Å². The fourth-order valence-electron chi connectivity index (χ4n) is 0.556. The van der Waals surface area contributed by atoms with Crippen molar-refractivity contribution in [2.24, 2.45) is 0 Å². The fourth-order valence-corrected chi connectivity index (χ4v) is 1.13. The Bertz CT molecular complexity index is 82.5. The zero-order chi connectivity index (χ0) is 6.57. The molecule has 0 bridgehead atoms. The van der Waals surface area contributed by atoms with Crippen LogP contribution in [0.15, 0.2) is 0 Å². The third-order valence-corrected chi connectivity index (χ3v) is 2.21. The second kappa shape index (κ2) is 4.36. The predicted octanol–water partition coefficient (Wildman–Crippen LogP) is 0.828. The van der Waals surface area contributed by atoms with Crippen LogP contribution in [-0.4, -0.2) is 39.0 Å². The van der Waals surface area contributed by atoms with Gasteiger partial charge in [-0.25, -0.2) is 0 Å². The zero-order valence-electron chi connectivity index (χ0n) is 5.35. The Morgan fingerprint density at radius 2 is 2.38 bits per heavy atom. The average Bonchev–Trinajstić information content (AvgIpc) is 1.67. The summed E-state index contributed by atoms with van der Waals surface area (Å²) in [6, 6.07) is 0. The van der Waals surface area contributed by atoms with E-state index in [9.17, 15) is 4.79 Å². The molecule has 0 aliphatic rings. The first kappa shape index (κ1) is 8.47. The first-order valence-electron chi connectivity index (χ1n) is 2.91. The molecule has 0 saturated carbocycles. The van der Waals surface area contributed by atoms with Crippen LogP contribution < -0.4 is 0 Å². The number of carbonyl (C=O) groups is 1. The van der Waals surface area contributed by atoms with Crippen LogP contribution in [0.5, 0.6) is 0 Å². The Balaban J connectivity index is 3.32.